The van der Waals surface area contributed by atoms with Crippen LogP contribution in [0.1, 0.15) is 74.8 Å². The molecule has 0 radical (unpaired) electrons. The molecule has 176 valence electrons. The average molecular weight is 477 g/mol. The third kappa shape index (κ3) is 4.54. The SMILES string of the molecule is CC1=C(C(=O)OC2CCCCC2)[C@@H](c2cccnc2)C2=C(C[C@H](c3ccc(Cl)cc3)CC2=O)N1. The molecule has 34 heavy (non-hydrogen) atoms. The summed E-state index contributed by atoms with van der Waals surface area (Å²) in [7, 11) is 0. The van der Waals surface area contributed by atoms with E-state index in [4.69, 9.17) is 16.3 Å². The van der Waals surface area contributed by atoms with E-state index in [1.165, 1.54) is 6.42 Å². The summed E-state index contributed by atoms with van der Waals surface area (Å²) < 4.78 is 5.97. The van der Waals surface area contributed by atoms with Gasteiger partial charge < -0.3 is 10.1 Å². The number of Topliss-reactive ketones (excluding diaryl/α,β-unsaturated/α-hetero) is 1. The molecule has 2 atom stereocenters. The fraction of sp³-hybridized carbons (Fsp3) is 0.393. The number of pyridine rings is 1. The number of dihydropyridines is 1. The number of hydrogen-bond donors (Lipinski definition) is 1. The second-order valence-corrected chi connectivity index (χ2v) is 9.96. The number of rotatable bonds is 4. The Bertz CT molecular complexity index is 1150. The molecule has 0 spiro atoms. The number of nitrogens with zero attached hydrogens (tertiary/aromatic N) is 1. The topological polar surface area (TPSA) is 68.3 Å². The number of carbonyl (C=O) groups is 2. The van der Waals surface area contributed by atoms with Crippen molar-refractivity contribution in [3.63, 3.8) is 0 Å². The van der Waals surface area contributed by atoms with Gasteiger partial charge in [-0.3, -0.25) is 9.78 Å². The zero-order chi connectivity index (χ0) is 23.7. The Kier molecular flexibility index (Phi) is 6.55. The number of esters is 1. The molecule has 5 rings (SSSR count). The van der Waals surface area contributed by atoms with Crippen molar-refractivity contribution in [3.05, 3.63) is 87.5 Å². The van der Waals surface area contributed by atoms with Crippen LogP contribution >= 0.6 is 11.6 Å². The van der Waals surface area contributed by atoms with Crippen LogP contribution in [-0.2, 0) is 14.3 Å². The fourth-order valence-corrected chi connectivity index (χ4v) is 5.68. The highest BCUT2D eigenvalue weighted by molar-refractivity contribution is 6.30. The molecule has 2 aliphatic carbocycles. The van der Waals surface area contributed by atoms with E-state index in [9.17, 15) is 9.59 Å². The highest BCUT2D eigenvalue weighted by atomic mass is 35.5. The van der Waals surface area contributed by atoms with Gasteiger partial charge in [-0.1, -0.05) is 36.2 Å². The molecule has 1 aliphatic heterocycles. The minimum absolute atomic E-state index is 0.0529. The van der Waals surface area contributed by atoms with Gasteiger partial charge in [-0.15, -0.1) is 0 Å². The van der Waals surface area contributed by atoms with Crippen molar-refractivity contribution in [2.24, 2.45) is 0 Å². The van der Waals surface area contributed by atoms with Gasteiger partial charge in [0.25, 0.3) is 0 Å². The molecular formula is C28H29ClN2O3. The number of benzene rings is 1. The van der Waals surface area contributed by atoms with Crippen molar-refractivity contribution in [1.29, 1.82) is 0 Å². The lowest BCUT2D eigenvalue weighted by atomic mass is 9.72. The van der Waals surface area contributed by atoms with Crippen LogP contribution in [0.5, 0.6) is 0 Å². The molecule has 0 unspecified atom stereocenters. The van der Waals surface area contributed by atoms with E-state index in [1.807, 2.05) is 43.3 Å². The number of allylic oxidation sites excluding steroid dienone is 3. The molecule has 6 heteroatoms. The predicted octanol–water partition coefficient (Wildman–Crippen LogP) is 5.97. The smallest absolute Gasteiger partial charge is 0.337 e. The summed E-state index contributed by atoms with van der Waals surface area (Å²) in [5.41, 5.74) is 4.75. The van der Waals surface area contributed by atoms with Gasteiger partial charge in [0.1, 0.15) is 6.10 Å². The van der Waals surface area contributed by atoms with Crippen molar-refractivity contribution < 1.29 is 14.3 Å². The van der Waals surface area contributed by atoms with Crippen molar-refractivity contribution in [1.82, 2.24) is 10.3 Å². The fourth-order valence-electron chi connectivity index (χ4n) is 5.56. The van der Waals surface area contributed by atoms with Crippen molar-refractivity contribution in [2.45, 2.75) is 69.8 Å². The van der Waals surface area contributed by atoms with E-state index in [2.05, 4.69) is 10.3 Å². The number of nitrogens with one attached hydrogen (secondary N) is 1. The molecule has 2 heterocycles. The Hall–Kier alpha value is -2.92. The molecule has 1 saturated carbocycles. The molecule has 5 nitrogen and oxygen atoms in total. The standard InChI is InChI=1S/C28H29ClN2O3/c1-17-25(28(33)34-22-7-3-2-4-8-22)26(19-6-5-13-30-16-19)27-23(31-17)14-20(15-24(27)32)18-9-11-21(29)12-10-18/h5-6,9-13,16,20,22,26,31H,2-4,7-8,14-15H2,1H3/t20-,26+/m0/s1. The third-order valence-electron chi connectivity index (χ3n) is 7.23. The molecule has 3 aliphatic rings. The minimum atomic E-state index is -0.472. The zero-order valence-electron chi connectivity index (χ0n) is 19.4. The molecule has 1 aromatic heterocycles. The molecule has 2 aromatic rings. The van der Waals surface area contributed by atoms with E-state index in [1.54, 1.807) is 12.4 Å². The van der Waals surface area contributed by atoms with E-state index >= 15 is 0 Å². The summed E-state index contributed by atoms with van der Waals surface area (Å²) in [4.78, 5) is 31.4. The van der Waals surface area contributed by atoms with Crippen LogP contribution in [0.25, 0.3) is 0 Å². The average Bonchev–Trinajstić information content (AvgIpc) is 2.84. The van der Waals surface area contributed by atoms with Gasteiger partial charge in [-0.2, -0.15) is 0 Å². The number of ether oxygens (including phenoxy) is 1. The molecule has 1 fully saturated rings. The lowest BCUT2D eigenvalue weighted by molar-refractivity contribution is -0.146. The summed E-state index contributed by atoms with van der Waals surface area (Å²) in [6.07, 6.45) is 9.65. The number of carbonyl (C=O) groups excluding carboxylic acids is 2. The van der Waals surface area contributed by atoms with Gasteiger partial charge in [0.05, 0.1) is 5.57 Å². The second-order valence-electron chi connectivity index (χ2n) is 9.52. The molecule has 0 saturated heterocycles. The maximum Gasteiger partial charge on any atom is 0.337 e. The molecular weight excluding hydrogens is 448 g/mol. The first-order chi connectivity index (χ1) is 16.5. The maximum absolute atomic E-state index is 13.6. The van der Waals surface area contributed by atoms with Crippen LogP contribution in [0.3, 0.4) is 0 Å². The Morgan fingerprint density at radius 2 is 1.82 bits per heavy atom. The summed E-state index contributed by atoms with van der Waals surface area (Å²) >= 11 is 6.07. The first-order valence-electron chi connectivity index (χ1n) is 12.1. The van der Waals surface area contributed by atoms with Crippen LogP contribution < -0.4 is 5.32 Å². The Balaban J connectivity index is 1.50. The van der Waals surface area contributed by atoms with Gasteiger partial charge in [-0.05, 0) is 74.3 Å². The minimum Gasteiger partial charge on any atom is -0.459 e. The third-order valence-corrected chi connectivity index (χ3v) is 7.48. The van der Waals surface area contributed by atoms with E-state index in [-0.39, 0.29) is 23.8 Å². The largest absolute Gasteiger partial charge is 0.459 e. The zero-order valence-corrected chi connectivity index (χ0v) is 20.1. The van der Waals surface area contributed by atoms with Crippen LogP contribution in [0.2, 0.25) is 5.02 Å². The second kappa shape index (κ2) is 9.75. The van der Waals surface area contributed by atoms with Crippen molar-refractivity contribution in [3.8, 4) is 0 Å². The summed E-state index contributed by atoms with van der Waals surface area (Å²) in [6, 6.07) is 11.5. The molecule has 0 bridgehead atoms. The number of halogens is 1. The quantitative estimate of drug-likeness (QED) is 0.550. The molecule has 0 amide bonds. The van der Waals surface area contributed by atoms with Gasteiger partial charge in [0.2, 0.25) is 0 Å². The van der Waals surface area contributed by atoms with Crippen LogP contribution in [0.15, 0.2) is 71.3 Å². The first-order valence-corrected chi connectivity index (χ1v) is 12.5. The summed E-state index contributed by atoms with van der Waals surface area (Å²) in [5.74, 6) is -0.684. The van der Waals surface area contributed by atoms with Crippen molar-refractivity contribution in [2.75, 3.05) is 0 Å². The number of ketones is 1. The van der Waals surface area contributed by atoms with Crippen LogP contribution in [0, 0.1) is 0 Å². The number of hydrogen-bond acceptors (Lipinski definition) is 5. The monoisotopic (exact) mass is 476 g/mol. The van der Waals surface area contributed by atoms with Gasteiger partial charge >= 0.3 is 5.97 Å². The van der Waals surface area contributed by atoms with E-state index < -0.39 is 5.92 Å². The Morgan fingerprint density at radius 3 is 2.53 bits per heavy atom. The van der Waals surface area contributed by atoms with E-state index in [0.29, 0.717) is 29.0 Å². The summed E-state index contributed by atoms with van der Waals surface area (Å²) in [6.45, 7) is 1.90. The van der Waals surface area contributed by atoms with Gasteiger partial charge in [0, 0.05) is 46.7 Å². The highest BCUT2D eigenvalue weighted by Crippen LogP contribution is 2.45. The Morgan fingerprint density at radius 1 is 1.06 bits per heavy atom. The predicted molar refractivity (Wildman–Crippen MR) is 131 cm³/mol. The van der Waals surface area contributed by atoms with Gasteiger partial charge in [-0.25, -0.2) is 4.79 Å². The molecule has 1 aromatic carbocycles. The summed E-state index contributed by atoms with van der Waals surface area (Å²) in [5, 5.41) is 4.10. The van der Waals surface area contributed by atoms with Crippen LogP contribution in [0.4, 0.5) is 0 Å². The lowest BCUT2D eigenvalue weighted by Gasteiger charge is -2.37. The Labute approximate surface area is 205 Å². The highest BCUT2D eigenvalue weighted by Gasteiger charge is 2.42. The van der Waals surface area contributed by atoms with E-state index in [0.717, 1.165) is 48.2 Å². The first kappa shape index (κ1) is 22.9. The van der Waals surface area contributed by atoms with Crippen LogP contribution in [-0.4, -0.2) is 22.8 Å². The maximum atomic E-state index is 13.6. The normalized spacial score (nSPS) is 23.4. The number of aromatic nitrogens is 1. The van der Waals surface area contributed by atoms with Crippen molar-refractivity contribution >= 4 is 23.4 Å². The lowest BCUT2D eigenvalue weighted by Crippen LogP contribution is -2.37. The molecule has 1 N–H and O–H groups in total. The van der Waals surface area contributed by atoms with Gasteiger partial charge in [0.15, 0.2) is 5.78 Å².